The summed E-state index contributed by atoms with van der Waals surface area (Å²) in [5, 5.41) is 11.1. The van der Waals surface area contributed by atoms with Gasteiger partial charge in [0.05, 0.1) is 10.3 Å². The largest absolute Gasteiger partial charge is 0.482 e. The number of nitrogens with zero attached hydrogens (tertiary/aromatic N) is 1. The van der Waals surface area contributed by atoms with Crippen molar-refractivity contribution in [2.24, 2.45) is 5.41 Å². The van der Waals surface area contributed by atoms with Crippen molar-refractivity contribution in [3.8, 4) is 5.75 Å². The first kappa shape index (κ1) is 13.1. The molecule has 2 aliphatic carbocycles. The molecule has 0 bridgehead atoms. The summed E-state index contributed by atoms with van der Waals surface area (Å²) < 4.78 is 5.84. The van der Waals surface area contributed by atoms with E-state index in [0.717, 1.165) is 31.2 Å². The Balaban J connectivity index is 1.85. The van der Waals surface area contributed by atoms with Crippen LogP contribution in [-0.2, 0) is 4.79 Å². The van der Waals surface area contributed by atoms with Crippen LogP contribution in [0.15, 0.2) is 18.2 Å². The predicted molar refractivity (Wildman–Crippen MR) is 72.8 cm³/mol. The van der Waals surface area contributed by atoms with E-state index >= 15 is 0 Å². The van der Waals surface area contributed by atoms with E-state index < -0.39 is 4.92 Å². The second-order valence-corrected chi connectivity index (χ2v) is 5.83. The van der Waals surface area contributed by atoms with E-state index in [-0.39, 0.29) is 28.7 Å². The lowest BCUT2D eigenvalue weighted by atomic mass is 9.63. The van der Waals surface area contributed by atoms with Crippen LogP contribution in [0.2, 0.25) is 0 Å². The maximum atomic E-state index is 11.9. The predicted octanol–water partition coefficient (Wildman–Crippen LogP) is 3.18. The molecule has 1 spiro atoms. The van der Waals surface area contributed by atoms with Gasteiger partial charge in [-0.15, -0.1) is 0 Å². The highest BCUT2D eigenvalue weighted by Crippen LogP contribution is 2.52. The summed E-state index contributed by atoms with van der Waals surface area (Å²) in [6.07, 6.45) is 3.99. The Morgan fingerprint density at radius 3 is 2.65 bits per heavy atom. The van der Waals surface area contributed by atoms with Crippen molar-refractivity contribution in [2.45, 2.75) is 45.1 Å². The van der Waals surface area contributed by atoms with Gasteiger partial charge in [-0.1, -0.05) is 18.9 Å². The average molecular weight is 275 g/mol. The van der Waals surface area contributed by atoms with Gasteiger partial charge in [0, 0.05) is 12.5 Å². The summed E-state index contributed by atoms with van der Waals surface area (Å²) in [6.45, 7) is 1.81. The Hall–Kier alpha value is -1.91. The van der Waals surface area contributed by atoms with Crippen LogP contribution in [0, 0.1) is 22.5 Å². The second kappa shape index (κ2) is 4.58. The van der Waals surface area contributed by atoms with E-state index in [4.69, 9.17) is 4.74 Å². The molecule has 1 atom stereocenters. The highest BCUT2D eigenvalue weighted by atomic mass is 16.6. The maximum absolute atomic E-state index is 11.9. The van der Waals surface area contributed by atoms with Crippen molar-refractivity contribution in [2.75, 3.05) is 0 Å². The van der Waals surface area contributed by atoms with Crippen LogP contribution in [-0.4, -0.2) is 16.8 Å². The fourth-order valence-electron chi connectivity index (χ4n) is 3.40. The third-order valence-corrected chi connectivity index (χ3v) is 4.62. The van der Waals surface area contributed by atoms with E-state index in [1.807, 2.05) is 6.92 Å². The van der Waals surface area contributed by atoms with Crippen LogP contribution in [0.3, 0.4) is 0 Å². The fourth-order valence-corrected chi connectivity index (χ4v) is 3.40. The monoisotopic (exact) mass is 275 g/mol. The number of ketones is 1. The van der Waals surface area contributed by atoms with Crippen LogP contribution in [0.4, 0.5) is 5.69 Å². The molecule has 2 fully saturated rings. The molecule has 3 rings (SSSR count). The average Bonchev–Trinajstić information content (AvgIpc) is 2.92. The molecule has 0 heterocycles. The van der Waals surface area contributed by atoms with Crippen LogP contribution in [0.5, 0.6) is 5.75 Å². The minimum Gasteiger partial charge on any atom is -0.482 e. The topological polar surface area (TPSA) is 69.4 Å². The third-order valence-electron chi connectivity index (χ3n) is 4.62. The van der Waals surface area contributed by atoms with Gasteiger partial charge in [0.1, 0.15) is 11.9 Å². The maximum Gasteiger partial charge on any atom is 0.311 e. The van der Waals surface area contributed by atoms with Crippen molar-refractivity contribution in [1.29, 1.82) is 0 Å². The summed E-state index contributed by atoms with van der Waals surface area (Å²) in [5.74, 6) is 0.541. The molecule has 0 aliphatic heterocycles. The van der Waals surface area contributed by atoms with Crippen LogP contribution >= 0.6 is 0 Å². The van der Waals surface area contributed by atoms with Crippen molar-refractivity contribution >= 4 is 11.5 Å². The lowest BCUT2D eigenvalue weighted by Gasteiger charge is -2.44. The summed E-state index contributed by atoms with van der Waals surface area (Å²) in [5.41, 5.74) is 0.445. The Labute approximate surface area is 117 Å². The molecule has 106 valence electrons. The van der Waals surface area contributed by atoms with Gasteiger partial charge in [0.2, 0.25) is 0 Å². The first-order valence-corrected chi connectivity index (χ1v) is 6.98. The van der Waals surface area contributed by atoms with Gasteiger partial charge >= 0.3 is 5.69 Å². The number of aryl methyl sites for hydroxylation is 1. The summed E-state index contributed by atoms with van der Waals surface area (Å²) in [7, 11) is 0. The Bertz CT molecular complexity index is 575. The van der Waals surface area contributed by atoms with Crippen molar-refractivity contribution in [3.05, 3.63) is 33.9 Å². The first-order valence-electron chi connectivity index (χ1n) is 6.98. The molecule has 1 aromatic rings. The van der Waals surface area contributed by atoms with Crippen LogP contribution < -0.4 is 4.74 Å². The first-order chi connectivity index (χ1) is 9.53. The number of Topliss-reactive ketones (excluding diaryl/α,β-unsaturated/α-hetero) is 1. The number of nitro groups is 1. The quantitative estimate of drug-likeness (QED) is 0.627. The molecule has 1 aromatic carbocycles. The number of carbonyl (C=O) groups excluding carboxylic acids is 1. The number of carbonyl (C=O) groups is 1. The number of nitro benzene ring substituents is 1. The van der Waals surface area contributed by atoms with E-state index in [2.05, 4.69) is 0 Å². The van der Waals surface area contributed by atoms with E-state index in [0.29, 0.717) is 6.42 Å². The molecule has 5 heteroatoms. The summed E-state index contributed by atoms with van der Waals surface area (Å²) in [6, 6.07) is 4.94. The Morgan fingerprint density at radius 1 is 1.35 bits per heavy atom. The smallest absolute Gasteiger partial charge is 0.311 e. The third kappa shape index (κ3) is 1.88. The number of hydrogen-bond acceptors (Lipinski definition) is 4. The van der Waals surface area contributed by atoms with Gasteiger partial charge in [0.15, 0.2) is 5.75 Å². The highest BCUT2D eigenvalue weighted by molar-refractivity contribution is 5.92. The molecular formula is C15H17NO4. The zero-order valence-corrected chi connectivity index (χ0v) is 11.4. The van der Waals surface area contributed by atoms with Gasteiger partial charge in [0.25, 0.3) is 0 Å². The number of ether oxygens (including phenoxy) is 1. The summed E-state index contributed by atoms with van der Waals surface area (Å²) >= 11 is 0. The van der Waals surface area contributed by atoms with Crippen molar-refractivity contribution in [1.82, 2.24) is 0 Å². The lowest BCUT2D eigenvalue weighted by molar-refractivity contribution is -0.386. The lowest BCUT2D eigenvalue weighted by Crippen LogP contribution is -2.55. The molecule has 0 N–H and O–H groups in total. The van der Waals surface area contributed by atoms with Gasteiger partial charge < -0.3 is 4.74 Å². The van der Waals surface area contributed by atoms with E-state index in [1.54, 1.807) is 12.1 Å². The highest BCUT2D eigenvalue weighted by Gasteiger charge is 2.57. The number of rotatable bonds is 3. The molecular weight excluding hydrogens is 258 g/mol. The van der Waals surface area contributed by atoms with Crippen LogP contribution in [0.25, 0.3) is 0 Å². The molecule has 2 saturated carbocycles. The molecule has 2 aliphatic rings. The summed E-state index contributed by atoms with van der Waals surface area (Å²) in [4.78, 5) is 22.6. The van der Waals surface area contributed by atoms with Crippen LogP contribution in [0.1, 0.15) is 37.7 Å². The Morgan fingerprint density at radius 2 is 2.05 bits per heavy atom. The van der Waals surface area contributed by atoms with Crippen molar-refractivity contribution < 1.29 is 14.5 Å². The molecule has 0 saturated heterocycles. The molecule has 0 radical (unpaired) electrons. The van der Waals surface area contributed by atoms with Gasteiger partial charge in [-0.3, -0.25) is 14.9 Å². The minimum absolute atomic E-state index is 0.0162. The minimum atomic E-state index is -0.426. The normalized spacial score (nSPS) is 23.6. The zero-order valence-electron chi connectivity index (χ0n) is 11.4. The molecule has 0 amide bonds. The second-order valence-electron chi connectivity index (χ2n) is 5.83. The zero-order chi connectivity index (χ0) is 14.3. The molecule has 20 heavy (non-hydrogen) atoms. The standard InChI is InChI=1S/C15H17NO4/c1-10-4-5-12(11(8-10)16(18)19)20-14-9-13(17)15(14)6-2-3-7-15/h4-5,8,14H,2-3,6-7,9H2,1H3. The van der Waals surface area contributed by atoms with Crippen molar-refractivity contribution in [3.63, 3.8) is 0 Å². The number of benzene rings is 1. The molecule has 1 unspecified atom stereocenters. The van der Waals surface area contributed by atoms with E-state index in [9.17, 15) is 14.9 Å². The SMILES string of the molecule is Cc1ccc(OC2CC(=O)C23CCCC3)c([N+](=O)[O-])c1. The molecule has 0 aromatic heterocycles. The van der Waals surface area contributed by atoms with E-state index in [1.165, 1.54) is 6.07 Å². The molecule has 5 nitrogen and oxygen atoms in total. The van der Waals surface area contributed by atoms with Gasteiger partial charge in [-0.2, -0.15) is 0 Å². The fraction of sp³-hybridized carbons (Fsp3) is 0.533. The number of hydrogen-bond donors (Lipinski definition) is 0. The van der Waals surface area contributed by atoms with Gasteiger partial charge in [-0.25, -0.2) is 0 Å². The van der Waals surface area contributed by atoms with Gasteiger partial charge in [-0.05, 0) is 31.4 Å². The Kier molecular flexibility index (Phi) is 3.00.